The number of anilines is 1. The van der Waals surface area contributed by atoms with Crippen LogP contribution in [0.3, 0.4) is 0 Å². The van der Waals surface area contributed by atoms with Crippen LogP contribution in [-0.2, 0) is 14.8 Å². The van der Waals surface area contributed by atoms with Gasteiger partial charge in [-0.25, -0.2) is 8.42 Å². The van der Waals surface area contributed by atoms with Gasteiger partial charge in [-0.2, -0.15) is 0 Å². The highest BCUT2D eigenvalue weighted by Gasteiger charge is 2.46. The van der Waals surface area contributed by atoms with Gasteiger partial charge in [-0.05, 0) is 42.3 Å². The average molecular weight is 430 g/mol. The smallest absolute Gasteiger partial charge is 0.265 e. The van der Waals surface area contributed by atoms with E-state index in [4.69, 9.17) is 0 Å². The van der Waals surface area contributed by atoms with Crippen LogP contribution in [0.5, 0.6) is 0 Å². The van der Waals surface area contributed by atoms with Gasteiger partial charge < -0.3 is 0 Å². The van der Waals surface area contributed by atoms with E-state index in [0.717, 1.165) is 16.7 Å². The van der Waals surface area contributed by atoms with Gasteiger partial charge in [-0.15, -0.1) is 6.58 Å². The molecule has 3 aromatic carbocycles. The molecule has 0 aromatic heterocycles. The molecule has 0 saturated heterocycles. The van der Waals surface area contributed by atoms with Gasteiger partial charge in [-0.1, -0.05) is 78.4 Å². The zero-order chi connectivity index (χ0) is 22.0. The minimum Gasteiger partial charge on any atom is -0.292 e. The van der Waals surface area contributed by atoms with Gasteiger partial charge in [0.1, 0.15) is 6.04 Å². The molecule has 31 heavy (non-hydrogen) atoms. The monoisotopic (exact) mass is 429 g/mol. The fourth-order valence-electron chi connectivity index (χ4n) is 3.93. The van der Waals surface area contributed by atoms with Crippen molar-refractivity contribution in [1.29, 1.82) is 0 Å². The lowest BCUT2D eigenvalue weighted by Gasteiger charge is -2.27. The largest absolute Gasteiger partial charge is 0.292 e. The van der Waals surface area contributed by atoms with Crippen LogP contribution in [0, 0.1) is 6.92 Å². The molecule has 4 rings (SSSR count). The van der Waals surface area contributed by atoms with Crippen LogP contribution >= 0.6 is 0 Å². The van der Waals surface area contributed by atoms with Crippen LogP contribution in [0.2, 0.25) is 0 Å². The van der Waals surface area contributed by atoms with Gasteiger partial charge in [0.15, 0.2) is 5.78 Å². The van der Waals surface area contributed by atoms with Crippen molar-refractivity contribution in [3.63, 3.8) is 0 Å². The van der Waals surface area contributed by atoms with Crippen molar-refractivity contribution in [1.82, 2.24) is 0 Å². The molecule has 3 aromatic rings. The topological polar surface area (TPSA) is 54.5 Å². The highest BCUT2D eigenvalue weighted by molar-refractivity contribution is 7.93. The lowest BCUT2D eigenvalue weighted by atomic mass is 9.92. The second-order valence-electron chi connectivity index (χ2n) is 7.53. The number of para-hydroxylation sites is 1. The lowest BCUT2D eigenvalue weighted by Crippen LogP contribution is -2.43. The summed E-state index contributed by atoms with van der Waals surface area (Å²) in [6.07, 6.45) is 4.82. The molecule has 1 aliphatic rings. The van der Waals surface area contributed by atoms with E-state index in [0.29, 0.717) is 5.69 Å². The Morgan fingerprint density at radius 1 is 0.935 bits per heavy atom. The second-order valence-corrected chi connectivity index (χ2v) is 9.34. The zero-order valence-electron chi connectivity index (χ0n) is 17.2. The third-order valence-electron chi connectivity index (χ3n) is 5.49. The Labute approximate surface area is 183 Å². The number of aryl methyl sites for hydroxylation is 1. The molecule has 0 unspecified atom stereocenters. The van der Waals surface area contributed by atoms with Crippen LogP contribution in [0.25, 0.3) is 6.08 Å². The van der Waals surface area contributed by atoms with Gasteiger partial charge in [0.2, 0.25) is 0 Å². The molecule has 0 fully saturated rings. The first-order valence-corrected chi connectivity index (χ1v) is 11.5. The maximum atomic E-state index is 13.7. The normalized spacial score (nSPS) is 18.2. The van der Waals surface area contributed by atoms with Crippen LogP contribution in [0.15, 0.2) is 102 Å². The number of hydrogen-bond acceptors (Lipinski definition) is 3. The first-order chi connectivity index (χ1) is 14.9. The first-order valence-electron chi connectivity index (χ1n) is 10.0. The van der Waals surface area contributed by atoms with Crippen molar-refractivity contribution >= 4 is 27.6 Å². The average Bonchev–Trinajstić information content (AvgIpc) is 3.13. The molecule has 1 aliphatic heterocycles. The summed E-state index contributed by atoms with van der Waals surface area (Å²) in [7, 11) is -3.96. The molecule has 0 saturated carbocycles. The molecule has 1 heterocycles. The Morgan fingerprint density at radius 3 is 2.26 bits per heavy atom. The molecule has 0 aliphatic carbocycles. The van der Waals surface area contributed by atoms with Crippen molar-refractivity contribution in [2.24, 2.45) is 0 Å². The van der Waals surface area contributed by atoms with E-state index in [1.54, 1.807) is 48.6 Å². The molecule has 2 atom stereocenters. The van der Waals surface area contributed by atoms with Crippen molar-refractivity contribution in [2.45, 2.75) is 23.8 Å². The van der Waals surface area contributed by atoms with E-state index in [-0.39, 0.29) is 10.7 Å². The van der Waals surface area contributed by atoms with Gasteiger partial charge >= 0.3 is 0 Å². The number of rotatable bonds is 6. The summed E-state index contributed by atoms with van der Waals surface area (Å²) in [6, 6.07) is 22.4. The third-order valence-corrected chi connectivity index (χ3v) is 7.30. The van der Waals surface area contributed by atoms with Crippen molar-refractivity contribution in [2.75, 3.05) is 4.31 Å². The predicted molar refractivity (Wildman–Crippen MR) is 124 cm³/mol. The number of ketones is 1. The zero-order valence-corrected chi connectivity index (χ0v) is 18.0. The second kappa shape index (κ2) is 8.36. The third kappa shape index (κ3) is 3.84. The number of nitrogens with zero attached hydrogens (tertiary/aromatic N) is 1. The van der Waals surface area contributed by atoms with E-state index >= 15 is 0 Å². The number of carbonyl (C=O) groups excluding carboxylic acids is 1. The molecule has 156 valence electrons. The summed E-state index contributed by atoms with van der Waals surface area (Å²) in [5.74, 6) is -0.731. The highest BCUT2D eigenvalue weighted by Crippen LogP contribution is 2.45. The van der Waals surface area contributed by atoms with Crippen molar-refractivity contribution in [3.8, 4) is 0 Å². The number of fused-ring (bicyclic) bond motifs is 1. The van der Waals surface area contributed by atoms with E-state index in [2.05, 4.69) is 6.58 Å². The van der Waals surface area contributed by atoms with Crippen LogP contribution in [-0.4, -0.2) is 20.2 Å². The van der Waals surface area contributed by atoms with Gasteiger partial charge in [0.05, 0.1) is 10.6 Å². The molecule has 0 bridgehead atoms. The maximum absolute atomic E-state index is 13.7. The van der Waals surface area contributed by atoms with Crippen LogP contribution < -0.4 is 4.31 Å². The maximum Gasteiger partial charge on any atom is 0.265 e. The summed E-state index contributed by atoms with van der Waals surface area (Å²) in [6.45, 7) is 5.79. The Bertz CT molecular complexity index is 1250. The minimum absolute atomic E-state index is 0.155. The fraction of sp³-hybridized carbons (Fsp3) is 0.115. The molecule has 0 radical (unpaired) electrons. The van der Waals surface area contributed by atoms with E-state index in [1.807, 2.05) is 49.4 Å². The van der Waals surface area contributed by atoms with Crippen molar-refractivity contribution < 1.29 is 13.2 Å². The summed E-state index contributed by atoms with van der Waals surface area (Å²) < 4.78 is 28.6. The first kappa shape index (κ1) is 20.8. The van der Waals surface area contributed by atoms with E-state index in [1.165, 1.54) is 10.4 Å². The molecule has 0 spiro atoms. The van der Waals surface area contributed by atoms with Crippen molar-refractivity contribution in [3.05, 3.63) is 114 Å². The summed E-state index contributed by atoms with van der Waals surface area (Å²) in [5, 5.41) is 0. The number of benzene rings is 3. The summed E-state index contributed by atoms with van der Waals surface area (Å²) >= 11 is 0. The number of hydrogen-bond donors (Lipinski definition) is 0. The summed E-state index contributed by atoms with van der Waals surface area (Å²) in [4.78, 5) is 13.5. The van der Waals surface area contributed by atoms with Gasteiger partial charge in [0, 0.05) is 5.92 Å². The molecular formula is C26H23NO3S. The quantitative estimate of drug-likeness (QED) is 0.403. The SMILES string of the molecule is C=C[C@@H]1c2ccccc2N(S(=O)(=O)c2ccc(C)cc2)[C@H]1C(=O)/C=C/c1ccccc1. The number of sulfonamides is 1. The molecule has 0 amide bonds. The summed E-state index contributed by atoms with van der Waals surface area (Å²) in [5.41, 5.74) is 3.12. The van der Waals surface area contributed by atoms with Crippen LogP contribution in [0.4, 0.5) is 5.69 Å². The Kier molecular flexibility index (Phi) is 5.61. The van der Waals surface area contributed by atoms with Gasteiger partial charge in [-0.3, -0.25) is 9.10 Å². The van der Waals surface area contributed by atoms with Crippen LogP contribution in [0.1, 0.15) is 22.6 Å². The standard InChI is InChI=1S/C26H23NO3S/c1-3-22-23-11-7-8-12-24(23)27(31(29,30)21-16-13-19(2)14-17-21)26(22)25(28)18-15-20-9-5-4-6-10-20/h3-18,22,26H,1H2,2H3/b18-15+/t22-,26-/m1/s1. The lowest BCUT2D eigenvalue weighted by molar-refractivity contribution is -0.115. The molecular weight excluding hydrogens is 406 g/mol. The Balaban J connectivity index is 1.81. The molecule has 4 nitrogen and oxygen atoms in total. The minimum atomic E-state index is -3.96. The number of carbonyl (C=O) groups is 1. The molecule has 5 heteroatoms. The van der Waals surface area contributed by atoms with E-state index in [9.17, 15) is 13.2 Å². The van der Waals surface area contributed by atoms with E-state index < -0.39 is 22.0 Å². The predicted octanol–water partition coefficient (Wildman–Crippen LogP) is 5.12. The highest BCUT2D eigenvalue weighted by atomic mass is 32.2. The Hall–Kier alpha value is -3.44. The van der Waals surface area contributed by atoms with Gasteiger partial charge in [0.25, 0.3) is 10.0 Å². The Morgan fingerprint density at radius 2 is 1.58 bits per heavy atom. The molecule has 0 N–H and O–H groups in total. The fourth-order valence-corrected chi connectivity index (χ4v) is 5.59.